The van der Waals surface area contributed by atoms with Crippen LogP contribution in [0, 0.1) is 27.4 Å². The van der Waals surface area contributed by atoms with Crippen LogP contribution in [0.3, 0.4) is 0 Å². The monoisotopic (exact) mass is 268 g/mol. The van der Waals surface area contributed by atoms with E-state index in [0.29, 0.717) is 13.1 Å². The molecule has 0 aromatic carbocycles. The maximum absolute atomic E-state index is 10.9. The summed E-state index contributed by atoms with van der Waals surface area (Å²) in [7, 11) is 0. The molecule has 0 aliphatic heterocycles. The quantitative estimate of drug-likeness (QED) is 0.466. The maximum Gasteiger partial charge on any atom is 0.311 e. The van der Waals surface area contributed by atoms with Gasteiger partial charge in [0.1, 0.15) is 5.15 Å². The molecule has 1 atom stereocenters. The van der Waals surface area contributed by atoms with Gasteiger partial charge in [-0.3, -0.25) is 10.1 Å². The smallest absolute Gasteiger partial charge is 0.311 e. The minimum Gasteiger partial charge on any atom is -0.350 e. The molecule has 18 heavy (non-hydrogen) atoms. The minimum absolute atomic E-state index is 0.105. The maximum atomic E-state index is 10.9. The fraction of sp³-hybridized carbons (Fsp3) is 0.455. The van der Waals surface area contributed by atoms with Gasteiger partial charge in [-0.1, -0.05) is 11.6 Å². The third kappa shape index (κ3) is 3.31. The Morgan fingerprint density at radius 2 is 2.33 bits per heavy atom. The topological polar surface area (TPSA) is 83.1 Å². The van der Waals surface area contributed by atoms with Crippen LogP contribution in [0.4, 0.5) is 11.5 Å². The molecule has 0 amide bonds. The Labute approximate surface area is 110 Å². The third-order valence-corrected chi connectivity index (χ3v) is 2.62. The molecular formula is C11H13ClN4O2. The Morgan fingerprint density at radius 1 is 1.67 bits per heavy atom. The second-order valence-corrected chi connectivity index (χ2v) is 4.19. The highest BCUT2D eigenvalue weighted by Gasteiger charge is 2.22. The number of pyridine rings is 1. The Balaban J connectivity index is 3.15. The lowest BCUT2D eigenvalue weighted by atomic mass is 10.2. The van der Waals surface area contributed by atoms with E-state index in [1.165, 1.54) is 12.1 Å². The molecule has 0 bridgehead atoms. The number of nitriles is 1. The van der Waals surface area contributed by atoms with Gasteiger partial charge in [0.15, 0.2) is 0 Å². The highest BCUT2D eigenvalue weighted by Crippen LogP contribution is 2.28. The molecule has 6 nitrogen and oxygen atoms in total. The van der Waals surface area contributed by atoms with Gasteiger partial charge in [-0.25, -0.2) is 4.98 Å². The van der Waals surface area contributed by atoms with Crippen LogP contribution in [0.5, 0.6) is 0 Å². The first-order chi connectivity index (χ1) is 8.49. The highest BCUT2D eigenvalue weighted by molar-refractivity contribution is 6.29. The molecule has 96 valence electrons. The molecule has 0 saturated heterocycles. The summed E-state index contributed by atoms with van der Waals surface area (Å²) >= 11 is 5.77. The summed E-state index contributed by atoms with van der Waals surface area (Å²) in [6, 6.07) is 4.79. The number of rotatable bonds is 5. The van der Waals surface area contributed by atoms with E-state index < -0.39 is 4.92 Å². The van der Waals surface area contributed by atoms with E-state index in [1.807, 2.05) is 6.92 Å². The van der Waals surface area contributed by atoms with Gasteiger partial charge in [-0.05, 0) is 19.9 Å². The van der Waals surface area contributed by atoms with Crippen LogP contribution < -0.4 is 4.90 Å². The molecule has 0 aliphatic rings. The SMILES string of the molecule is CCN(CC(C)C#N)c1nc(Cl)ccc1[N+](=O)[O-]. The zero-order chi connectivity index (χ0) is 13.7. The Morgan fingerprint density at radius 3 is 2.83 bits per heavy atom. The van der Waals surface area contributed by atoms with Gasteiger partial charge in [0.05, 0.1) is 16.9 Å². The van der Waals surface area contributed by atoms with Crippen molar-refractivity contribution in [1.82, 2.24) is 4.98 Å². The summed E-state index contributed by atoms with van der Waals surface area (Å²) in [5.74, 6) is -0.0394. The third-order valence-electron chi connectivity index (χ3n) is 2.41. The lowest BCUT2D eigenvalue weighted by Gasteiger charge is -2.22. The van der Waals surface area contributed by atoms with Gasteiger partial charge >= 0.3 is 5.69 Å². The Hall–Kier alpha value is -1.87. The first-order valence-electron chi connectivity index (χ1n) is 5.45. The number of aromatic nitrogens is 1. The molecule has 1 aromatic heterocycles. The van der Waals surface area contributed by atoms with Crippen LogP contribution in [0.15, 0.2) is 12.1 Å². The van der Waals surface area contributed by atoms with Crippen molar-refractivity contribution in [3.8, 4) is 6.07 Å². The average molecular weight is 269 g/mol. The molecule has 1 aromatic rings. The lowest BCUT2D eigenvalue weighted by Crippen LogP contribution is -2.29. The summed E-state index contributed by atoms with van der Waals surface area (Å²) < 4.78 is 0. The molecule has 1 heterocycles. The van der Waals surface area contributed by atoms with E-state index in [2.05, 4.69) is 11.1 Å². The van der Waals surface area contributed by atoms with Crippen LogP contribution >= 0.6 is 11.6 Å². The van der Waals surface area contributed by atoms with Crippen molar-refractivity contribution in [1.29, 1.82) is 5.26 Å². The van der Waals surface area contributed by atoms with Gasteiger partial charge in [0.2, 0.25) is 5.82 Å². The number of halogens is 1. The first kappa shape index (κ1) is 14.2. The van der Waals surface area contributed by atoms with Crippen LogP contribution in [0.1, 0.15) is 13.8 Å². The Kier molecular flexibility index (Phi) is 4.86. The van der Waals surface area contributed by atoms with Crippen molar-refractivity contribution >= 4 is 23.1 Å². The molecule has 0 spiro atoms. The number of nitrogens with zero attached hydrogens (tertiary/aromatic N) is 4. The van der Waals surface area contributed by atoms with Gasteiger partial charge < -0.3 is 4.90 Å². The predicted octanol–water partition coefficient (Wildman–Crippen LogP) is 2.63. The summed E-state index contributed by atoms with van der Waals surface area (Å²) in [6.07, 6.45) is 0. The van der Waals surface area contributed by atoms with Crippen molar-refractivity contribution in [2.45, 2.75) is 13.8 Å². The summed E-state index contributed by atoms with van der Waals surface area (Å²) in [4.78, 5) is 16.1. The van der Waals surface area contributed by atoms with Crippen molar-refractivity contribution in [3.05, 3.63) is 27.4 Å². The van der Waals surface area contributed by atoms with Gasteiger partial charge in [0.25, 0.3) is 0 Å². The van der Waals surface area contributed by atoms with Crippen molar-refractivity contribution in [2.75, 3.05) is 18.0 Å². The van der Waals surface area contributed by atoms with E-state index in [0.717, 1.165) is 0 Å². The zero-order valence-electron chi connectivity index (χ0n) is 10.1. The van der Waals surface area contributed by atoms with E-state index in [-0.39, 0.29) is 22.6 Å². The lowest BCUT2D eigenvalue weighted by molar-refractivity contribution is -0.384. The molecule has 0 fully saturated rings. The van der Waals surface area contributed by atoms with E-state index in [9.17, 15) is 10.1 Å². The van der Waals surface area contributed by atoms with Crippen molar-refractivity contribution in [3.63, 3.8) is 0 Å². The Bertz CT molecular complexity index is 486. The highest BCUT2D eigenvalue weighted by atomic mass is 35.5. The first-order valence-corrected chi connectivity index (χ1v) is 5.82. The molecule has 7 heteroatoms. The molecular weight excluding hydrogens is 256 g/mol. The average Bonchev–Trinajstić information content (AvgIpc) is 2.35. The molecule has 0 N–H and O–H groups in total. The predicted molar refractivity (Wildman–Crippen MR) is 68.6 cm³/mol. The fourth-order valence-electron chi connectivity index (χ4n) is 1.53. The number of hydrogen-bond donors (Lipinski definition) is 0. The summed E-state index contributed by atoms with van der Waals surface area (Å²) in [6.45, 7) is 4.48. The molecule has 0 radical (unpaired) electrons. The number of anilines is 1. The number of hydrogen-bond acceptors (Lipinski definition) is 5. The van der Waals surface area contributed by atoms with Crippen molar-refractivity contribution < 1.29 is 4.92 Å². The second-order valence-electron chi connectivity index (χ2n) is 3.80. The van der Waals surface area contributed by atoms with Gasteiger partial charge in [-0.15, -0.1) is 0 Å². The molecule has 1 unspecified atom stereocenters. The van der Waals surface area contributed by atoms with Crippen LogP contribution in [0.2, 0.25) is 5.15 Å². The van der Waals surface area contributed by atoms with Crippen LogP contribution in [0.25, 0.3) is 0 Å². The van der Waals surface area contributed by atoms with E-state index in [4.69, 9.17) is 16.9 Å². The normalized spacial score (nSPS) is 11.7. The van der Waals surface area contributed by atoms with Gasteiger partial charge in [-0.2, -0.15) is 5.26 Å². The van der Waals surface area contributed by atoms with Gasteiger partial charge in [0, 0.05) is 19.2 Å². The summed E-state index contributed by atoms with van der Waals surface area (Å²) in [5, 5.41) is 19.9. The van der Waals surface area contributed by atoms with E-state index >= 15 is 0 Å². The van der Waals surface area contributed by atoms with Crippen molar-refractivity contribution in [2.24, 2.45) is 5.92 Å². The van der Waals surface area contributed by atoms with E-state index in [1.54, 1.807) is 11.8 Å². The number of nitro groups is 1. The standard InChI is InChI=1S/C11H13ClN4O2/c1-3-15(7-8(2)6-13)11-9(16(17)18)4-5-10(12)14-11/h4-5,8H,3,7H2,1-2H3. The molecule has 1 rings (SSSR count). The molecule has 0 saturated carbocycles. The molecule has 0 aliphatic carbocycles. The summed E-state index contributed by atoms with van der Waals surface area (Å²) in [5.41, 5.74) is -0.105. The minimum atomic E-state index is -0.502. The zero-order valence-corrected chi connectivity index (χ0v) is 10.9. The van der Waals surface area contributed by atoms with Crippen LogP contribution in [-0.2, 0) is 0 Å². The second kappa shape index (κ2) is 6.17. The largest absolute Gasteiger partial charge is 0.350 e. The fourth-order valence-corrected chi connectivity index (χ4v) is 1.67. The van der Waals surface area contributed by atoms with Crippen LogP contribution in [-0.4, -0.2) is 23.0 Å².